The number of aliphatic carboxylic acids is 1. The molecule has 0 N–H and O–H groups in total. The molecule has 0 bridgehead atoms. The van der Waals surface area contributed by atoms with E-state index in [1.165, 1.54) is 16.7 Å². The number of benzene rings is 1. The number of anilines is 1. The fourth-order valence-corrected chi connectivity index (χ4v) is 4.86. The fraction of sp³-hybridized carbons (Fsp3) is 0.294. The second-order valence-corrected chi connectivity index (χ2v) is 8.37. The molecule has 1 atom stereocenters. The number of carbonyl (C=O) groups is 3. The van der Waals surface area contributed by atoms with Crippen molar-refractivity contribution >= 4 is 69.1 Å². The molecule has 9 heteroatoms. The van der Waals surface area contributed by atoms with Gasteiger partial charge in [-0.3, -0.25) is 14.5 Å². The van der Waals surface area contributed by atoms with Crippen LogP contribution in [-0.4, -0.2) is 52.1 Å². The third-order valence-electron chi connectivity index (χ3n) is 4.26. The van der Waals surface area contributed by atoms with Crippen molar-refractivity contribution < 1.29 is 19.5 Å². The minimum absolute atomic E-state index is 0.132. The highest BCUT2D eigenvalue weighted by Gasteiger charge is 2.43. The first-order valence-electron chi connectivity index (χ1n) is 7.75. The Labute approximate surface area is 164 Å². The molecule has 0 unspecified atom stereocenters. The molecular formula is C17H15N2O4S3-. The summed E-state index contributed by atoms with van der Waals surface area (Å²) in [4.78, 5) is 39.9. The number of thiocarbonyl (C=S) groups is 1. The third kappa shape index (κ3) is 3.04. The summed E-state index contributed by atoms with van der Waals surface area (Å²) in [5.74, 6) is -1.66. The zero-order valence-corrected chi connectivity index (χ0v) is 16.5. The van der Waals surface area contributed by atoms with E-state index in [9.17, 15) is 19.5 Å². The number of carbonyl (C=O) groups excluding carboxylic acids is 3. The van der Waals surface area contributed by atoms with Crippen LogP contribution in [0, 0.1) is 0 Å². The zero-order valence-electron chi connectivity index (χ0n) is 14.1. The van der Waals surface area contributed by atoms with Crippen molar-refractivity contribution in [1.29, 1.82) is 0 Å². The number of amides is 2. The Hall–Kier alpha value is -1.84. The Morgan fingerprint density at radius 2 is 2.00 bits per heavy atom. The highest BCUT2D eigenvalue weighted by molar-refractivity contribution is 8.26. The molecular weight excluding hydrogens is 392 g/mol. The van der Waals surface area contributed by atoms with E-state index in [-0.39, 0.29) is 27.1 Å². The van der Waals surface area contributed by atoms with Gasteiger partial charge in [-0.05, 0) is 24.5 Å². The minimum Gasteiger partial charge on any atom is -0.548 e. The number of fused-ring (bicyclic) bond motifs is 1. The van der Waals surface area contributed by atoms with E-state index in [0.29, 0.717) is 17.0 Å². The van der Waals surface area contributed by atoms with Gasteiger partial charge in [0.15, 0.2) is 0 Å². The van der Waals surface area contributed by atoms with Crippen molar-refractivity contribution in [2.45, 2.75) is 12.5 Å². The van der Waals surface area contributed by atoms with Crippen molar-refractivity contribution in [3.05, 3.63) is 34.7 Å². The summed E-state index contributed by atoms with van der Waals surface area (Å²) >= 11 is 7.70. The maximum Gasteiger partial charge on any atom is 0.267 e. The normalized spacial score (nSPS) is 20.8. The monoisotopic (exact) mass is 407 g/mol. The molecule has 2 aliphatic heterocycles. The van der Waals surface area contributed by atoms with Gasteiger partial charge in [0.2, 0.25) is 0 Å². The summed E-state index contributed by atoms with van der Waals surface area (Å²) in [5.41, 5.74) is 1.62. The fourth-order valence-electron chi connectivity index (χ4n) is 2.97. The summed E-state index contributed by atoms with van der Waals surface area (Å²) < 4.78 is 0.132. The SMILES string of the molecule is CSCC[C@@H](C(=O)[O-])N1C(=O)/C(=C2\C(=O)N(C)c3ccccc32)SC1=S. The van der Waals surface area contributed by atoms with Crippen molar-refractivity contribution in [3.8, 4) is 0 Å². The Morgan fingerprint density at radius 1 is 1.31 bits per heavy atom. The molecule has 3 rings (SSSR count). The smallest absolute Gasteiger partial charge is 0.267 e. The summed E-state index contributed by atoms with van der Waals surface area (Å²) in [5, 5.41) is 11.6. The van der Waals surface area contributed by atoms with Gasteiger partial charge in [-0.15, -0.1) is 0 Å². The average molecular weight is 408 g/mol. The maximum atomic E-state index is 13.0. The van der Waals surface area contributed by atoms with E-state index < -0.39 is 17.9 Å². The topological polar surface area (TPSA) is 80.7 Å². The van der Waals surface area contributed by atoms with Gasteiger partial charge < -0.3 is 14.8 Å². The Bertz CT molecular complexity index is 852. The van der Waals surface area contributed by atoms with Gasteiger partial charge in [-0.1, -0.05) is 42.2 Å². The van der Waals surface area contributed by atoms with Gasteiger partial charge in [0.05, 0.1) is 28.2 Å². The van der Waals surface area contributed by atoms with Gasteiger partial charge in [0.25, 0.3) is 11.8 Å². The molecule has 6 nitrogen and oxygen atoms in total. The van der Waals surface area contributed by atoms with Crippen molar-refractivity contribution in [1.82, 2.24) is 4.90 Å². The Morgan fingerprint density at radius 3 is 2.65 bits per heavy atom. The van der Waals surface area contributed by atoms with Crippen LogP contribution in [0.1, 0.15) is 12.0 Å². The van der Waals surface area contributed by atoms with Crippen LogP contribution < -0.4 is 10.0 Å². The standard InChI is InChI=1S/C17H16N2O4S3/c1-18-10-6-4-3-5-9(10)12(14(18)20)13-15(21)19(17(24)26-13)11(16(22)23)7-8-25-2/h3-6,11H,7-8H2,1-2H3,(H,22,23)/p-1/b13-12+/t11-/m0/s1. The van der Waals surface area contributed by atoms with E-state index >= 15 is 0 Å². The molecule has 2 heterocycles. The van der Waals surface area contributed by atoms with Crippen molar-refractivity contribution in [3.63, 3.8) is 0 Å². The van der Waals surface area contributed by atoms with Gasteiger partial charge in [0.1, 0.15) is 4.32 Å². The zero-order chi connectivity index (χ0) is 19.0. The number of rotatable bonds is 5. The van der Waals surface area contributed by atoms with Gasteiger partial charge >= 0.3 is 0 Å². The summed E-state index contributed by atoms with van der Waals surface area (Å²) in [7, 11) is 1.64. The molecule has 2 aliphatic rings. The van der Waals surface area contributed by atoms with E-state index in [1.807, 2.05) is 12.3 Å². The summed E-state index contributed by atoms with van der Waals surface area (Å²) in [6.45, 7) is 0. The van der Waals surface area contributed by atoms with E-state index in [2.05, 4.69) is 0 Å². The number of hydrogen-bond acceptors (Lipinski definition) is 7. The average Bonchev–Trinajstić information content (AvgIpc) is 3.03. The first kappa shape index (κ1) is 18.9. The Balaban J connectivity index is 2.05. The van der Waals surface area contributed by atoms with E-state index in [0.717, 1.165) is 16.7 Å². The molecule has 1 aromatic rings. The predicted molar refractivity (Wildman–Crippen MR) is 106 cm³/mol. The summed E-state index contributed by atoms with van der Waals surface area (Å²) in [6.07, 6.45) is 2.07. The lowest BCUT2D eigenvalue weighted by molar-refractivity contribution is -0.310. The predicted octanol–water partition coefficient (Wildman–Crippen LogP) is 1.11. The molecule has 1 saturated heterocycles. The van der Waals surface area contributed by atoms with Crippen LogP contribution >= 0.6 is 35.7 Å². The van der Waals surface area contributed by atoms with Crippen LogP contribution in [0.5, 0.6) is 0 Å². The molecule has 0 spiro atoms. The molecule has 0 radical (unpaired) electrons. The van der Waals surface area contributed by atoms with Crippen LogP contribution in [0.2, 0.25) is 0 Å². The van der Waals surface area contributed by atoms with Crippen LogP contribution in [0.4, 0.5) is 5.69 Å². The lowest BCUT2D eigenvalue weighted by Crippen LogP contribution is -2.50. The van der Waals surface area contributed by atoms with Crippen LogP contribution in [0.25, 0.3) is 5.57 Å². The third-order valence-corrected chi connectivity index (χ3v) is 6.30. The van der Waals surface area contributed by atoms with Crippen molar-refractivity contribution in [2.24, 2.45) is 0 Å². The van der Waals surface area contributed by atoms with Gasteiger partial charge in [-0.25, -0.2) is 0 Å². The lowest BCUT2D eigenvalue weighted by Gasteiger charge is -2.27. The first-order valence-corrected chi connectivity index (χ1v) is 10.4. The first-order chi connectivity index (χ1) is 12.4. The van der Waals surface area contributed by atoms with Crippen LogP contribution in [0.3, 0.4) is 0 Å². The largest absolute Gasteiger partial charge is 0.548 e. The molecule has 2 amide bonds. The number of thioether (sulfide) groups is 2. The molecule has 1 fully saturated rings. The van der Waals surface area contributed by atoms with E-state index in [1.54, 1.807) is 25.2 Å². The van der Waals surface area contributed by atoms with E-state index in [4.69, 9.17) is 12.2 Å². The van der Waals surface area contributed by atoms with Gasteiger partial charge in [0, 0.05) is 12.6 Å². The van der Waals surface area contributed by atoms with Crippen LogP contribution in [0.15, 0.2) is 29.2 Å². The number of carboxylic acids is 1. The molecule has 0 saturated carbocycles. The quantitative estimate of drug-likeness (QED) is 0.534. The lowest BCUT2D eigenvalue weighted by atomic mass is 10.1. The maximum absolute atomic E-state index is 13.0. The highest BCUT2D eigenvalue weighted by Crippen LogP contribution is 2.44. The molecule has 0 aliphatic carbocycles. The molecule has 136 valence electrons. The number of para-hydroxylation sites is 1. The second-order valence-electron chi connectivity index (χ2n) is 5.74. The number of hydrogen-bond donors (Lipinski definition) is 0. The second kappa shape index (κ2) is 7.42. The number of nitrogens with zero attached hydrogens (tertiary/aromatic N) is 2. The highest BCUT2D eigenvalue weighted by atomic mass is 32.2. The molecule has 0 aromatic heterocycles. The van der Waals surface area contributed by atoms with Crippen LogP contribution in [-0.2, 0) is 14.4 Å². The molecule has 26 heavy (non-hydrogen) atoms. The minimum atomic E-state index is -1.35. The number of carboxylic acid groups (broad SMARTS) is 1. The Kier molecular flexibility index (Phi) is 5.40. The summed E-state index contributed by atoms with van der Waals surface area (Å²) in [6, 6.07) is 6.02. The van der Waals surface area contributed by atoms with Gasteiger partial charge in [-0.2, -0.15) is 11.8 Å². The molecule has 1 aromatic carbocycles. The van der Waals surface area contributed by atoms with Crippen molar-refractivity contribution in [2.75, 3.05) is 24.0 Å². The number of likely N-dealkylation sites (N-methyl/N-ethyl adjacent to an activating group) is 1.